The second kappa shape index (κ2) is 10.7. The molecule has 1 aliphatic heterocycles. The summed E-state index contributed by atoms with van der Waals surface area (Å²) in [5.41, 5.74) is 0.347. The maximum atomic E-state index is 12.2. The van der Waals surface area contributed by atoms with Crippen LogP contribution in [0.4, 0.5) is 4.79 Å². The van der Waals surface area contributed by atoms with E-state index in [2.05, 4.69) is 5.32 Å². The number of nitrogens with zero attached hydrogens (tertiary/aromatic N) is 1. The molecule has 0 bridgehead atoms. The largest absolute Gasteiger partial charge is 0.493 e. The normalized spacial score (nSPS) is 14.6. The number of alkyl carbamates (subject to hydrolysis) is 1. The molecule has 1 saturated heterocycles. The first-order valence-corrected chi connectivity index (χ1v) is 9.58. The molecule has 0 spiro atoms. The molecule has 8 nitrogen and oxygen atoms in total. The third-order valence-corrected chi connectivity index (χ3v) is 3.98. The molecule has 0 aliphatic carbocycles. The molecule has 8 heteroatoms. The first kappa shape index (κ1) is 22.5. The monoisotopic (exact) mass is 406 g/mol. The van der Waals surface area contributed by atoms with Gasteiger partial charge >= 0.3 is 6.09 Å². The highest BCUT2D eigenvalue weighted by atomic mass is 16.6. The van der Waals surface area contributed by atoms with Gasteiger partial charge in [-0.25, -0.2) is 4.79 Å². The maximum Gasteiger partial charge on any atom is 0.407 e. The number of rotatable bonds is 7. The summed E-state index contributed by atoms with van der Waals surface area (Å²) in [6.07, 6.45) is 3.19. The van der Waals surface area contributed by atoms with Crippen LogP contribution in [0.3, 0.4) is 0 Å². The van der Waals surface area contributed by atoms with Gasteiger partial charge < -0.3 is 29.2 Å². The fourth-order valence-corrected chi connectivity index (χ4v) is 2.60. The number of ether oxygens (including phenoxy) is 4. The van der Waals surface area contributed by atoms with Crippen molar-refractivity contribution in [2.45, 2.75) is 26.4 Å². The first-order chi connectivity index (χ1) is 13.8. The van der Waals surface area contributed by atoms with E-state index in [1.807, 2.05) is 32.9 Å². The number of carbonyl (C=O) groups excluding carboxylic acids is 2. The fraction of sp³-hybridized carbons (Fsp3) is 0.524. The molecule has 2 rings (SSSR count). The Kier molecular flexibility index (Phi) is 8.33. The highest BCUT2D eigenvalue weighted by Gasteiger charge is 2.18. The van der Waals surface area contributed by atoms with E-state index in [4.69, 9.17) is 18.9 Å². The zero-order valence-electron chi connectivity index (χ0n) is 17.5. The van der Waals surface area contributed by atoms with E-state index >= 15 is 0 Å². The summed E-state index contributed by atoms with van der Waals surface area (Å²) < 4.78 is 21.4. The van der Waals surface area contributed by atoms with E-state index in [0.717, 1.165) is 5.56 Å². The Balaban J connectivity index is 1.85. The molecule has 1 fully saturated rings. The summed E-state index contributed by atoms with van der Waals surface area (Å²) in [5, 5.41) is 2.66. The van der Waals surface area contributed by atoms with Crippen LogP contribution in [0, 0.1) is 0 Å². The average molecular weight is 406 g/mol. The number of carbonyl (C=O) groups is 2. The van der Waals surface area contributed by atoms with Crippen LogP contribution in [-0.2, 0) is 14.3 Å². The van der Waals surface area contributed by atoms with Gasteiger partial charge in [0.25, 0.3) is 5.91 Å². The van der Waals surface area contributed by atoms with E-state index in [9.17, 15) is 9.59 Å². The van der Waals surface area contributed by atoms with Crippen LogP contribution in [0.5, 0.6) is 11.5 Å². The molecule has 160 valence electrons. The predicted molar refractivity (Wildman–Crippen MR) is 109 cm³/mol. The van der Waals surface area contributed by atoms with Gasteiger partial charge in [-0.05, 0) is 38.5 Å². The van der Waals surface area contributed by atoms with Crippen LogP contribution in [0.2, 0.25) is 0 Å². The molecule has 0 saturated carbocycles. The average Bonchev–Trinajstić information content (AvgIpc) is 2.69. The third kappa shape index (κ3) is 8.03. The molecule has 29 heavy (non-hydrogen) atoms. The van der Waals surface area contributed by atoms with E-state index in [-0.39, 0.29) is 12.5 Å². The smallest absolute Gasteiger partial charge is 0.407 e. The predicted octanol–water partition coefficient (Wildman–Crippen LogP) is 2.47. The van der Waals surface area contributed by atoms with E-state index in [0.29, 0.717) is 44.3 Å². The number of nitrogens with one attached hydrogen (secondary N) is 1. The Hall–Kier alpha value is -2.74. The van der Waals surface area contributed by atoms with Gasteiger partial charge in [0.2, 0.25) is 0 Å². The highest BCUT2D eigenvalue weighted by molar-refractivity contribution is 5.78. The fourth-order valence-electron chi connectivity index (χ4n) is 2.60. The Bertz CT molecular complexity index is 720. The molecular formula is C21H30N2O6. The third-order valence-electron chi connectivity index (χ3n) is 3.98. The van der Waals surface area contributed by atoms with Crippen LogP contribution < -0.4 is 14.8 Å². The van der Waals surface area contributed by atoms with E-state index < -0.39 is 11.7 Å². The Labute approximate surface area is 171 Å². The number of benzene rings is 1. The van der Waals surface area contributed by atoms with E-state index in [1.54, 1.807) is 30.2 Å². The number of hydrogen-bond acceptors (Lipinski definition) is 6. The molecule has 1 heterocycles. The minimum Gasteiger partial charge on any atom is -0.493 e. The second-order valence-electron chi connectivity index (χ2n) is 7.48. The van der Waals surface area contributed by atoms with Crippen LogP contribution in [0.25, 0.3) is 6.08 Å². The van der Waals surface area contributed by atoms with Crippen molar-refractivity contribution in [2.75, 3.05) is 46.6 Å². The quantitative estimate of drug-likeness (QED) is 0.749. The molecule has 0 atom stereocenters. The molecule has 0 aromatic heterocycles. The molecule has 0 radical (unpaired) electrons. The van der Waals surface area contributed by atoms with Gasteiger partial charge in [0.15, 0.2) is 18.1 Å². The summed E-state index contributed by atoms with van der Waals surface area (Å²) in [6, 6.07) is 5.41. The lowest BCUT2D eigenvalue weighted by Crippen LogP contribution is -2.43. The van der Waals surface area contributed by atoms with Gasteiger partial charge in [-0.15, -0.1) is 0 Å². The standard InChI is InChI=1S/C21H30N2O6/c1-21(2,3)29-20(25)22-9-5-6-16-7-8-17(18(14-16)26-4)28-15-19(24)23-10-12-27-13-11-23/h5-8,14H,9-13,15H2,1-4H3,(H,22,25). The SMILES string of the molecule is COc1cc(C=CCNC(=O)OC(C)(C)C)ccc1OCC(=O)N1CCOCC1. The number of amides is 2. The van der Waals surface area contributed by atoms with Crippen molar-refractivity contribution < 1.29 is 28.5 Å². The first-order valence-electron chi connectivity index (χ1n) is 9.58. The Morgan fingerprint density at radius 1 is 1.21 bits per heavy atom. The molecular weight excluding hydrogens is 376 g/mol. The summed E-state index contributed by atoms with van der Waals surface area (Å²) >= 11 is 0. The molecule has 0 unspecified atom stereocenters. The molecule has 1 N–H and O–H groups in total. The van der Waals surface area contributed by atoms with Crippen molar-refractivity contribution >= 4 is 18.1 Å². The van der Waals surface area contributed by atoms with Gasteiger partial charge in [0.1, 0.15) is 5.60 Å². The topological polar surface area (TPSA) is 86.3 Å². The summed E-state index contributed by atoms with van der Waals surface area (Å²) in [6.45, 7) is 8.00. The van der Waals surface area contributed by atoms with Gasteiger partial charge in [0.05, 0.1) is 20.3 Å². The minimum absolute atomic E-state index is 0.0502. The van der Waals surface area contributed by atoms with Crippen LogP contribution in [0.15, 0.2) is 24.3 Å². The maximum absolute atomic E-state index is 12.2. The van der Waals surface area contributed by atoms with Crippen molar-refractivity contribution in [1.29, 1.82) is 0 Å². The number of hydrogen-bond donors (Lipinski definition) is 1. The summed E-state index contributed by atoms with van der Waals surface area (Å²) in [4.78, 5) is 25.5. The van der Waals surface area contributed by atoms with Gasteiger partial charge in [-0.1, -0.05) is 18.2 Å². The van der Waals surface area contributed by atoms with Crippen molar-refractivity contribution in [3.8, 4) is 11.5 Å². The van der Waals surface area contributed by atoms with Gasteiger partial charge in [-0.3, -0.25) is 4.79 Å². The molecule has 1 aliphatic rings. The van der Waals surface area contributed by atoms with Crippen molar-refractivity contribution in [3.05, 3.63) is 29.8 Å². The Morgan fingerprint density at radius 2 is 1.93 bits per heavy atom. The van der Waals surface area contributed by atoms with Crippen LogP contribution >= 0.6 is 0 Å². The lowest BCUT2D eigenvalue weighted by Gasteiger charge is -2.26. The highest BCUT2D eigenvalue weighted by Crippen LogP contribution is 2.28. The summed E-state index contributed by atoms with van der Waals surface area (Å²) in [7, 11) is 1.55. The summed E-state index contributed by atoms with van der Waals surface area (Å²) in [5.74, 6) is 0.952. The van der Waals surface area contributed by atoms with Crippen LogP contribution in [-0.4, -0.2) is 69.1 Å². The van der Waals surface area contributed by atoms with Crippen molar-refractivity contribution in [1.82, 2.24) is 10.2 Å². The second-order valence-corrected chi connectivity index (χ2v) is 7.48. The lowest BCUT2D eigenvalue weighted by atomic mass is 10.2. The van der Waals surface area contributed by atoms with Gasteiger partial charge in [-0.2, -0.15) is 0 Å². The van der Waals surface area contributed by atoms with E-state index in [1.165, 1.54) is 0 Å². The van der Waals surface area contributed by atoms with Crippen LogP contribution in [0.1, 0.15) is 26.3 Å². The molecule has 1 aromatic carbocycles. The molecule has 2 amide bonds. The minimum atomic E-state index is -0.528. The van der Waals surface area contributed by atoms with Crippen molar-refractivity contribution in [2.24, 2.45) is 0 Å². The number of morpholine rings is 1. The van der Waals surface area contributed by atoms with Crippen molar-refractivity contribution in [3.63, 3.8) is 0 Å². The number of methoxy groups -OCH3 is 1. The van der Waals surface area contributed by atoms with Gasteiger partial charge in [0, 0.05) is 19.6 Å². The zero-order valence-corrected chi connectivity index (χ0v) is 17.5. The lowest BCUT2D eigenvalue weighted by molar-refractivity contribution is -0.137. The molecule has 1 aromatic rings. The zero-order chi connectivity index (χ0) is 21.3. The Morgan fingerprint density at radius 3 is 2.59 bits per heavy atom.